The predicted molar refractivity (Wildman–Crippen MR) is 115 cm³/mol. The Morgan fingerprint density at radius 2 is 1.88 bits per heavy atom. The smallest absolute Gasteiger partial charge is 0.416 e. The number of benzene rings is 2. The number of aryl methyl sites for hydroxylation is 1. The molecule has 33 heavy (non-hydrogen) atoms. The number of amides is 2. The Morgan fingerprint density at radius 1 is 1.12 bits per heavy atom. The summed E-state index contributed by atoms with van der Waals surface area (Å²) in [6.07, 6.45) is -1.92. The average Bonchev–Trinajstić information content (AvgIpc) is 3.35. The van der Waals surface area contributed by atoms with Gasteiger partial charge in [0.25, 0.3) is 11.8 Å². The molecule has 0 aromatic heterocycles. The molecular weight excluding hydrogens is 433 g/mol. The third kappa shape index (κ3) is 3.59. The van der Waals surface area contributed by atoms with E-state index in [0.29, 0.717) is 23.1 Å². The lowest BCUT2D eigenvalue weighted by Crippen LogP contribution is -2.35. The van der Waals surface area contributed by atoms with Crippen LogP contribution in [-0.2, 0) is 26.9 Å². The van der Waals surface area contributed by atoms with Gasteiger partial charge in [-0.15, -0.1) is 0 Å². The van der Waals surface area contributed by atoms with Crippen LogP contribution in [0.5, 0.6) is 0 Å². The van der Waals surface area contributed by atoms with Gasteiger partial charge in [0.1, 0.15) is 0 Å². The molecule has 2 amide bonds. The fourth-order valence-electron chi connectivity index (χ4n) is 4.83. The first kappa shape index (κ1) is 21.3. The molecule has 3 unspecified atom stereocenters. The number of rotatable bonds is 3. The second kappa shape index (κ2) is 7.50. The molecule has 2 heterocycles. The van der Waals surface area contributed by atoms with Crippen LogP contribution < -0.4 is 10.2 Å². The Hall–Kier alpha value is -3.55. The second-order valence-corrected chi connectivity index (χ2v) is 8.64. The molecular formula is C25H21F3N2O3. The zero-order valence-electron chi connectivity index (χ0n) is 17.9. The number of halogens is 3. The zero-order valence-corrected chi connectivity index (χ0v) is 17.9. The first-order valence-corrected chi connectivity index (χ1v) is 10.6. The lowest BCUT2D eigenvalue weighted by Gasteiger charge is -2.25. The summed E-state index contributed by atoms with van der Waals surface area (Å²) in [5, 5.41) is 2.98. The van der Waals surface area contributed by atoms with Crippen molar-refractivity contribution in [2.75, 3.05) is 4.90 Å². The predicted octanol–water partition coefficient (Wildman–Crippen LogP) is 4.58. The molecule has 3 atom stereocenters. The van der Waals surface area contributed by atoms with E-state index in [9.17, 15) is 22.8 Å². The van der Waals surface area contributed by atoms with Gasteiger partial charge in [-0.1, -0.05) is 24.3 Å². The standard InChI is InChI=1S/C25H21F3N2O3/c1-13-7-16(25(26,27)28)11-17(8-13)30-21(9-14(2)24(30)32)33-12-20-19-10-15-5-3-4-6-18(15)22(19)29-23(20)31/h3-9,11-12,19,21-22H,10H2,1-2H3,(H,29,31)/b20-12+. The second-order valence-electron chi connectivity index (χ2n) is 8.64. The first-order chi connectivity index (χ1) is 15.6. The number of ether oxygens (including phenoxy) is 1. The monoisotopic (exact) mass is 454 g/mol. The van der Waals surface area contributed by atoms with Crippen molar-refractivity contribution in [3.8, 4) is 0 Å². The third-order valence-electron chi connectivity index (χ3n) is 6.39. The molecule has 5 nitrogen and oxygen atoms in total. The summed E-state index contributed by atoms with van der Waals surface area (Å²) >= 11 is 0. The van der Waals surface area contributed by atoms with Gasteiger partial charge in [-0.05, 0) is 61.2 Å². The summed E-state index contributed by atoms with van der Waals surface area (Å²) < 4.78 is 45.9. The minimum atomic E-state index is -4.54. The van der Waals surface area contributed by atoms with Gasteiger partial charge in [0.2, 0.25) is 0 Å². The summed E-state index contributed by atoms with van der Waals surface area (Å²) in [5.41, 5.74) is 2.67. The van der Waals surface area contributed by atoms with Crippen LogP contribution in [0.25, 0.3) is 0 Å². The van der Waals surface area contributed by atoms with Crippen molar-refractivity contribution in [1.29, 1.82) is 0 Å². The number of anilines is 1. The number of fused-ring (bicyclic) bond motifs is 3. The number of carbonyl (C=O) groups is 2. The highest BCUT2D eigenvalue weighted by Crippen LogP contribution is 2.44. The minimum absolute atomic E-state index is 0.0887. The van der Waals surface area contributed by atoms with Crippen LogP contribution >= 0.6 is 0 Å². The van der Waals surface area contributed by atoms with Crippen LogP contribution in [0.2, 0.25) is 0 Å². The zero-order chi connectivity index (χ0) is 23.5. The van der Waals surface area contributed by atoms with Crippen molar-refractivity contribution in [3.63, 3.8) is 0 Å². The maximum Gasteiger partial charge on any atom is 0.416 e. The molecule has 2 aromatic carbocycles. The van der Waals surface area contributed by atoms with E-state index in [2.05, 4.69) is 5.32 Å². The van der Waals surface area contributed by atoms with E-state index in [4.69, 9.17) is 4.74 Å². The molecule has 0 spiro atoms. The van der Waals surface area contributed by atoms with Crippen LogP contribution in [-0.4, -0.2) is 18.0 Å². The molecule has 0 saturated carbocycles. The van der Waals surface area contributed by atoms with Gasteiger partial charge in [0.05, 0.1) is 23.4 Å². The quantitative estimate of drug-likeness (QED) is 0.546. The molecule has 1 N–H and O–H groups in total. The number of nitrogens with one attached hydrogen (secondary N) is 1. The van der Waals surface area contributed by atoms with Crippen molar-refractivity contribution < 1.29 is 27.5 Å². The fraction of sp³-hybridized carbons (Fsp3) is 0.280. The third-order valence-corrected chi connectivity index (χ3v) is 6.39. The molecule has 0 radical (unpaired) electrons. The number of hydrogen-bond donors (Lipinski definition) is 1. The molecule has 170 valence electrons. The van der Waals surface area contributed by atoms with Crippen LogP contribution in [0.4, 0.5) is 18.9 Å². The van der Waals surface area contributed by atoms with Crippen LogP contribution in [0.15, 0.2) is 65.9 Å². The van der Waals surface area contributed by atoms with Crippen molar-refractivity contribution in [2.24, 2.45) is 5.92 Å². The van der Waals surface area contributed by atoms with Crippen molar-refractivity contribution >= 4 is 17.5 Å². The van der Waals surface area contributed by atoms with E-state index in [-0.39, 0.29) is 23.6 Å². The number of carbonyl (C=O) groups excluding carboxylic acids is 2. The Morgan fingerprint density at radius 3 is 2.64 bits per heavy atom. The molecule has 1 saturated heterocycles. The number of hydrogen-bond acceptors (Lipinski definition) is 3. The first-order valence-electron chi connectivity index (χ1n) is 10.6. The lowest BCUT2D eigenvalue weighted by molar-refractivity contribution is -0.137. The van der Waals surface area contributed by atoms with Gasteiger partial charge in [0.15, 0.2) is 6.23 Å². The van der Waals surface area contributed by atoms with Crippen LogP contribution in [0.1, 0.15) is 35.2 Å². The molecule has 5 rings (SSSR count). The number of nitrogens with zero attached hydrogens (tertiary/aromatic N) is 1. The lowest BCUT2D eigenvalue weighted by atomic mass is 9.97. The maximum absolute atomic E-state index is 13.3. The topological polar surface area (TPSA) is 58.6 Å². The Labute approximate surface area is 188 Å². The summed E-state index contributed by atoms with van der Waals surface area (Å²) in [7, 11) is 0. The Kier molecular flexibility index (Phi) is 4.84. The van der Waals surface area contributed by atoms with Crippen molar-refractivity contribution in [2.45, 2.75) is 38.7 Å². The average molecular weight is 454 g/mol. The summed E-state index contributed by atoms with van der Waals surface area (Å²) in [4.78, 5) is 26.6. The van der Waals surface area contributed by atoms with E-state index in [0.717, 1.165) is 23.3 Å². The molecule has 3 aliphatic rings. The molecule has 8 heteroatoms. The molecule has 1 aliphatic carbocycles. The molecule has 2 aliphatic heterocycles. The minimum Gasteiger partial charge on any atom is -0.474 e. The summed E-state index contributed by atoms with van der Waals surface area (Å²) in [6, 6.07) is 11.2. The van der Waals surface area contributed by atoms with Gasteiger partial charge in [-0.3, -0.25) is 14.5 Å². The van der Waals surface area contributed by atoms with E-state index >= 15 is 0 Å². The maximum atomic E-state index is 13.3. The Bertz CT molecular complexity index is 1230. The normalized spacial score (nSPS) is 25.2. The van der Waals surface area contributed by atoms with E-state index in [1.54, 1.807) is 13.0 Å². The van der Waals surface area contributed by atoms with E-state index < -0.39 is 23.9 Å². The molecule has 1 fully saturated rings. The highest BCUT2D eigenvalue weighted by Gasteiger charge is 2.44. The van der Waals surface area contributed by atoms with Gasteiger partial charge >= 0.3 is 6.18 Å². The molecule has 2 aromatic rings. The van der Waals surface area contributed by atoms with Crippen LogP contribution in [0, 0.1) is 12.8 Å². The Balaban J connectivity index is 1.44. The van der Waals surface area contributed by atoms with Crippen molar-refractivity contribution in [3.05, 3.63) is 88.2 Å². The number of alkyl halides is 3. The molecule has 0 bridgehead atoms. The summed E-state index contributed by atoms with van der Waals surface area (Å²) in [5.74, 6) is -0.786. The van der Waals surface area contributed by atoms with E-state index in [1.807, 2.05) is 24.3 Å². The highest BCUT2D eigenvalue weighted by atomic mass is 19.4. The van der Waals surface area contributed by atoms with Gasteiger partial charge in [-0.2, -0.15) is 13.2 Å². The highest BCUT2D eigenvalue weighted by molar-refractivity contribution is 6.08. The van der Waals surface area contributed by atoms with E-state index in [1.165, 1.54) is 24.2 Å². The summed E-state index contributed by atoms with van der Waals surface area (Å²) in [6.45, 7) is 3.12. The van der Waals surface area contributed by atoms with Gasteiger partial charge in [-0.25, -0.2) is 0 Å². The SMILES string of the molecule is CC1=CC(O/C=C2/C(=O)NC3c4ccccc4CC23)N(c2cc(C)cc(C(F)(F)F)c2)C1=O. The fourth-order valence-corrected chi connectivity index (χ4v) is 4.83. The van der Waals surface area contributed by atoms with Gasteiger partial charge in [0, 0.05) is 17.2 Å². The van der Waals surface area contributed by atoms with Crippen LogP contribution in [0.3, 0.4) is 0 Å². The van der Waals surface area contributed by atoms with Gasteiger partial charge < -0.3 is 10.1 Å². The van der Waals surface area contributed by atoms with Crippen molar-refractivity contribution in [1.82, 2.24) is 5.32 Å². The largest absolute Gasteiger partial charge is 0.474 e.